The first kappa shape index (κ1) is 20.6. The molecule has 1 aliphatic heterocycles. The lowest BCUT2D eigenvalue weighted by Crippen LogP contribution is -2.35. The number of halogens is 2. The Morgan fingerprint density at radius 3 is 2.45 bits per heavy atom. The number of benzene rings is 2. The summed E-state index contributed by atoms with van der Waals surface area (Å²) in [6.45, 7) is 4.27. The van der Waals surface area contributed by atoms with Crippen molar-refractivity contribution in [3.63, 3.8) is 0 Å². The van der Waals surface area contributed by atoms with Crippen molar-refractivity contribution in [2.24, 2.45) is 5.92 Å². The molecule has 8 heteroatoms. The summed E-state index contributed by atoms with van der Waals surface area (Å²) in [4.78, 5) is 24.2. The molecule has 29 heavy (non-hydrogen) atoms. The second-order valence-electron chi connectivity index (χ2n) is 6.90. The molecule has 154 valence electrons. The summed E-state index contributed by atoms with van der Waals surface area (Å²) in [7, 11) is 0. The van der Waals surface area contributed by atoms with Crippen LogP contribution in [0.1, 0.15) is 35.8 Å². The molecule has 2 aromatic carbocycles. The largest absolute Gasteiger partial charge is 0.486 e. The Kier molecular flexibility index (Phi) is 6.31. The van der Waals surface area contributed by atoms with E-state index in [4.69, 9.17) is 14.2 Å². The molecule has 1 heterocycles. The minimum Gasteiger partial charge on any atom is -0.486 e. The van der Waals surface area contributed by atoms with Gasteiger partial charge in [0.2, 0.25) is 0 Å². The lowest BCUT2D eigenvalue weighted by molar-refractivity contribution is -0.125. The summed E-state index contributed by atoms with van der Waals surface area (Å²) < 4.78 is 42.2. The Balaban J connectivity index is 1.62. The molecule has 6 nitrogen and oxygen atoms in total. The van der Waals surface area contributed by atoms with Gasteiger partial charge in [0.15, 0.2) is 29.7 Å². The average Bonchev–Trinajstić information content (AvgIpc) is 2.71. The molecule has 0 unspecified atom stereocenters. The number of carbonyl (C=O) groups is 2. The summed E-state index contributed by atoms with van der Waals surface area (Å²) in [5, 5.41) is 2.82. The van der Waals surface area contributed by atoms with Crippen molar-refractivity contribution in [1.82, 2.24) is 5.32 Å². The van der Waals surface area contributed by atoms with Crippen molar-refractivity contribution in [3.8, 4) is 11.5 Å². The van der Waals surface area contributed by atoms with E-state index >= 15 is 0 Å². The van der Waals surface area contributed by atoms with Crippen molar-refractivity contribution in [3.05, 3.63) is 59.2 Å². The first-order valence-corrected chi connectivity index (χ1v) is 9.16. The zero-order valence-electron chi connectivity index (χ0n) is 16.0. The highest BCUT2D eigenvalue weighted by Crippen LogP contribution is 2.34. The quantitative estimate of drug-likeness (QED) is 0.746. The van der Waals surface area contributed by atoms with E-state index in [9.17, 15) is 18.4 Å². The van der Waals surface area contributed by atoms with Gasteiger partial charge in [0, 0.05) is 0 Å². The maximum Gasteiger partial charge on any atom is 0.338 e. The summed E-state index contributed by atoms with van der Waals surface area (Å²) in [5.41, 5.74) is 0.647. The van der Waals surface area contributed by atoms with Crippen molar-refractivity contribution < 1.29 is 32.6 Å². The van der Waals surface area contributed by atoms with Gasteiger partial charge < -0.3 is 19.5 Å². The molecule has 3 rings (SSSR count). The Labute approximate surface area is 166 Å². The molecule has 0 spiro atoms. The van der Waals surface area contributed by atoms with Gasteiger partial charge in [0.1, 0.15) is 13.2 Å². The van der Waals surface area contributed by atoms with Crippen LogP contribution in [0.5, 0.6) is 11.5 Å². The van der Waals surface area contributed by atoms with Gasteiger partial charge in [0.25, 0.3) is 5.91 Å². The smallest absolute Gasteiger partial charge is 0.338 e. The zero-order valence-corrected chi connectivity index (χ0v) is 16.0. The van der Waals surface area contributed by atoms with Gasteiger partial charge in [-0.2, -0.15) is 0 Å². The molecule has 0 fully saturated rings. The number of carbonyl (C=O) groups excluding carboxylic acids is 2. The number of nitrogens with one attached hydrogen (secondary N) is 1. The molecule has 1 amide bonds. The van der Waals surface area contributed by atoms with Gasteiger partial charge in [-0.15, -0.1) is 0 Å². The molecule has 0 radical (unpaired) electrons. The number of esters is 1. The van der Waals surface area contributed by atoms with Gasteiger partial charge in [-0.05, 0) is 41.8 Å². The van der Waals surface area contributed by atoms with E-state index < -0.39 is 30.1 Å². The molecule has 0 saturated heterocycles. The number of amides is 1. The number of fused-ring (bicyclic) bond motifs is 1. The Bertz CT molecular complexity index is 916. The van der Waals surface area contributed by atoms with E-state index in [-0.39, 0.29) is 17.5 Å². The first-order chi connectivity index (χ1) is 13.8. The van der Waals surface area contributed by atoms with Crippen molar-refractivity contribution in [2.45, 2.75) is 19.9 Å². The van der Waals surface area contributed by atoms with Crippen LogP contribution >= 0.6 is 0 Å². The van der Waals surface area contributed by atoms with E-state index in [2.05, 4.69) is 5.32 Å². The van der Waals surface area contributed by atoms with Crippen LogP contribution in [0.2, 0.25) is 0 Å². The Morgan fingerprint density at radius 1 is 1.03 bits per heavy atom. The number of ether oxygens (including phenoxy) is 3. The highest BCUT2D eigenvalue weighted by Gasteiger charge is 2.22. The molecule has 1 aliphatic rings. The second kappa shape index (κ2) is 8.89. The Hall–Kier alpha value is -3.16. The van der Waals surface area contributed by atoms with Gasteiger partial charge in [0.05, 0.1) is 11.6 Å². The standard InChI is InChI=1S/C21H21F2NO5/c1-12(2)20(13-4-6-17-18(10-13)28-8-7-27-17)24-19(25)11-29-21(26)14-3-5-15(22)16(23)9-14/h3-6,9-10,12,20H,7-8,11H2,1-2H3,(H,24,25)/t20-/m0/s1. The van der Waals surface area contributed by atoms with Crippen LogP contribution in [0.15, 0.2) is 36.4 Å². The molecule has 0 saturated carbocycles. The van der Waals surface area contributed by atoms with Gasteiger partial charge in [-0.1, -0.05) is 19.9 Å². The summed E-state index contributed by atoms with van der Waals surface area (Å²) in [6.07, 6.45) is 0. The minimum atomic E-state index is -1.16. The zero-order chi connectivity index (χ0) is 21.0. The van der Waals surface area contributed by atoms with E-state index in [1.165, 1.54) is 0 Å². The van der Waals surface area contributed by atoms with Crippen LogP contribution in [-0.4, -0.2) is 31.7 Å². The van der Waals surface area contributed by atoms with E-state index in [0.29, 0.717) is 24.7 Å². The molecule has 0 aromatic heterocycles. The predicted octanol–water partition coefficient (Wildman–Crippen LogP) is 3.41. The average molecular weight is 405 g/mol. The molecule has 0 aliphatic carbocycles. The normalized spacial score (nSPS) is 13.7. The maximum atomic E-state index is 13.2. The van der Waals surface area contributed by atoms with Gasteiger partial charge >= 0.3 is 5.97 Å². The lowest BCUT2D eigenvalue weighted by atomic mass is 9.95. The molecular weight excluding hydrogens is 384 g/mol. The molecule has 1 N–H and O–H groups in total. The van der Waals surface area contributed by atoms with Crippen LogP contribution < -0.4 is 14.8 Å². The predicted molar refractivity (Wildman–Crippen MR) is 99.8 cm³/mol. The molecule has 0 bridgehead atoms. The second-order valence-corrected chi connectivity index (χ2v) is 6.90. The highest BCUT2D eigenvalue weighted by molar-refractivity contribution is 5.91. The third-order valence-corrected chi connectivity index (χ3v) is 4.40. The SMILES string of the molecule is CC(C)[C@H](NC(=O)COC(=O)c1ccc(F)c(F)c1)c1ccc2c(c1)OCCO2. The third kappa shape index (κ3) is 5.01. The fourth-order valence-corrected chi connectivity index (χ4v) is 2.94. The monoisotopic (exact) mass is 405 g/mol. The third-order valence-electron chi connectivity index (χ3n) is 4.40. The van der Waals surface area contributed by atoms with Crippen LogP contribution in [0, 0.1) is 17.6 Å². The van der Waals surface area contributed by atoms with E-state index in [0.717, 1.165) is 23.8 Å². The fraction of sp³-hybridized carbons (Fsp3) is 0.333. The maximum absolute atomic E-state index is 13.2. The lowest BCUT2D eigenvalue weighted by Gasteiger charge is -2.25. The summed E-state index contributed by atoms with van der Waals surface area (Å²) >= 11 is 0. The van der Waals surface area contributed by atoms with Gasteiger partial charge in [-0.25, -0.2) is 13.6 Å². The topological polar surface area (TPSA) is 73.9 Å². The van der Waals surface area contributed by atoms with Crippen LogP contribution in [0.25, 0.3) is 0 Å². The highest BCUT2D eigenvalue weighted by atomic mass is 19.2. The van der Waals surface area contributed by atoms with Crippen LogP contribution in [0.4, 0.5) is 8.78 Å². The molecule has 2 aromatic rings. The number of rotatable bonds is 6. The van der Waals surface area contributed by atoms with Crippen molar-refractivity contribution in [2.75, 3.05) is 19.8 Å². The van der Waals surface area contributed by atoms with E-state index in [1.807, 2.05) is 26.0 Å². The first-order valence-electron chi connectivity index (χ1n) is 9.16. The number of hydrogen-bond acceptors (Lipinski definition) is 5. The Morgan fingerprint density at radius 2 is 1.76 bits per heavy atom. The summed E-state index contributed by atoms with van der Waals surface area (Å²) in [6, 6.07) is 7.72. The number of hydrogen-bond donors (Lipinski definition) is 1. The van der Waals surface area contributed by atoms with Crippen LogP contribution in [0.3, 0.4) is 0 Å². The fourth-order valence-electron chi connectivity index (χ4n) is 2.94. The molecular formula is C21H21F2NO5. The van der Waals surface area contributed by atoms with E-state index in [1.54, 1.807) is 6.07 Å². The van der Waals surface area contributed by atoms with Crippen LogP contribution in [-0.2, 0) is 9.53 Å². The summed E-state index contributed by atoms with van der Waals surface area (Å²) in [5.74, 6) is -2.37. The minimum absolute atomic E-state index is 0.0448. The molecule has 1 atom stereocenters. The van der Waals surface area contributed by atoms with Crippen molar-refractivity contribution >= 4 is 11.9 Å². The van der Waals surface area contributed by atoms with Gasteiger partial charge in [-0.3, -0.25) is 4.79 Å². The van der Waals surface area contributed by atoms with Crippen molar-refractivity contribution in [1.29, 1.82) is 0 Å².